The summed E-state index contributed by atoms with van der Waals surface area (Å²) in [6.45, 7) is 4.41. The average molecular weight is 259 g/mol. The van der Waals surface area contributed by atoms with Gasteiger partial charge in [0.1, 0.15) is 0 Å². The van der Waals surface area contributed by atoms with Gasteiger partial charge in [-0.15, -0.1) is 0 Å². The van der Waals surface area contributed by atoms with Crippen LogP contribution in [-0.4, -0.2) is 16.7 Å². The van der Waals surface area contributed by atoms with E-state index in [1.54, 1.807) is 0 Å². The first-order valence-corrected chi connectivity index (χ1v) is 10.8. The van der Waals surface area contributed by atoms with E-state index in [9.17, 15) is 3.29 Å². The third-order valence-corrected chi connectivity index (χ3v) is 7.08. The molecule has 0 saturated carbocycles. The predicted octanol–water partition coefficient (Wildman–Crippen LogP) is 5.11. The Morgan fingerprint density at radius 1 is 0.714 bits per heavy atom. The van der Waals surface area contributed by atoms with Crippen molar-refractivity contribution in [1.82, 2.24) is 0 Å². The van der Waals surface area contributed by atoms with Gasteiger partial charge in [-0.1, -0.05) is 0 Å². The van der Waals surface area contributed by atoms with Gasteiger partial charge in [0.2, 0.25) is 0 Å². The number of rotatable bonds is 10. The van der Waals surface area contributed by atoms with E-state index in [0.29, 0.717) is 0 Å². The van der Waals surface area contributed by atoms with Gasteiger partial charge in [-0.25, -0.2) is 0 Å². The molecule has 2 heteroatoms. The summed E-state index contributed by atoms with van der Waals surface area (Å²) in [4.78, 5) is 1.97. The minimum absolute atomic E-state index is 0.985. The Morgan fingerprint density at radius 2 is 1.14 bits per heavy atom. The maximum absolute atomic E-state index is 13.4. The van der Waals surface area contributed by atoms with Crippen molar-refractivity contribution < 1.29 is 3.29 Å². The van der Waals surface area contributed by atoms with E-state index in [1.807, 2.05) is 0 Å². The van der Waals surface area contributed by atoms with Crippen molar-refractivity contribution in [2.75, 3.05) is 0 Å². The first-order valence-electron chi connectivity index (χ1n) is 6.45. The fourth-order valence-corrected chi connectivity index (χ4v) is 5.41. The van der Waals surface area contributed by atoms with Crippen molar-refractivity contribution in [3.8, 4) is 0 Å². The fourth-order valence-electron chi connectivity index (χ4n) is 1.73. The van der Waals surface area contributed by atoms with Crippen LogP contribution in [0.4, 0.5) is 3.29 Å². The molecule has 0 saturated heterocycles. The molecular formula is C12H26FGa. The Bertz CT molecular complexity index is 94.5. The molecule has 0 aromatic heterocycles. The van der Waals surface area contributed by atoms with Crippen LogP contribution in [0.25, 0.3) is 0 Å². The van der Waals surface area contributed by atoms with Gasteiger partial charge in [-0.2, -0.15) is 0 Å². The first-order chi connectivity index (χ1) is 6.81. The zero-order valence-electron chi connectivity index (χ0n) is 10.0. The summed E-state index contributed by atoms with van der Waals surface area (Å²) < 4.78 is 13.4. The van der Waals surface area contributed by atoms with E-state index >= 15 is 0 Å². The topological polar surface area (TPSA) is 0 Å². The SMILES string of the molecule is CCCCC[CH2][Ga]([F])[CH2]CCCCC. The van der Waals surface area contributed by atoms with Crippen molar-refractivity contribution in [2.45, 2.75) is 75.2 Å². The van der Waals surface area contributed by atoms with Crippen molar-refractivity contribution in [3.63, 3.8) is 0 Å². The first kappa shape index (κ1) is 14.6. The molecule has 0 rings (SSSR count). The molecule has 0 aliphatic heterocycles. The van der Waals surface area contributed by atoms with Crippen LogP contribution in [0.5, 0.6) is 0 Å². The molecule has 0 unspecified atom stereocenters. The van der Waals surface area contributed by atoms with Gasteiger partial charge in [0.25, 0.3) is 0 Å². The van der Waals surface area contributed by atoms with Crippen LogP contribution in [0, 0.1) is 0 Å². The monoisotopic (exact) mass is 258 g/mol. The molecule has 84 valence electrons. The van der Waals surface area contributed by atoms with Crippen LogP contribution in [0.15, 0.2) is 0 Å². The molecule has 0 N–H and O–H groups in total. The minimum atomic E-state index is -2.23. The molecule has 0 atom stereocenters. The van der Waals surface area contributed by atoms with Crippen molar-refractivity contribution in [1.29, 1.82) is 0 Å². The molecule has 0 aliphatic rings. The third-order valence-electron chi connectivity index (χ3n) is 2.74. The van der Waals surface area contributed by atoms with Crippen LogP contribution < -0.4 is 0 Å². The van der Waals surface area contributed by atoms with E-state index in [2.05, 4.69) is 13.8 Å². The summed E-state index contributed by atoms with van der Waals surface area (Å²) in [5.74, 6) is 0. The second kappa shape index (κ2) is 11.6. The Labute approximate surface area is 95.3 Å². The van der Waals surface area contributed by atoms with Gasteiger partial charge in [-0.3, -0.25) is 0 Å². The summed E-state index contributed by atoms with van der Waals surface area (Å²) in [7, 11) is 0. The van der Waals surface area contributed by atoms with Crippen LogP contribution in [0.3, 0.4) is 0 Å². The molecule has 0 aromatic carbocycles. The Morgan fingerprint density at radius 3 is 1.50 bits per heavy atom. The standard InChI is InChI=1S/2C6H13.FH.Ga/c2*1-3-5-6-4-2;;/h2*1,3-6H2,2H3;1H;/q;;;+1/p-1. The van der Waals surface area contributed by atoms with Crippen LogP contribution in [-0.2, 0) is 0 Å². The number of hydrogen-bond acceptors (Lipinski definition) is 0. The fraction of sp³-hybridized carbons (Fsp3) is 1.00. The van der Waals surface area contributed by atoms with E-state index in [1.165, 1.54) is 51.4 Å². The summed E-state index contributed by atoms with van der Waals surface area (Å²) in [5, 5.41) is 0. The molecule has 0 radical (unpaired) electrons. The molecule has 14 heavy (non-hydrogen) atoms. The Hall–Kier alpha value is 0.566. The van der Waals surface area contributed by atoms with E-state index < -0.39 is 16.7 Å². The zero-order chi connectivity index (χ0) is 10.6. The maximum atomic E-state index is 13.4. The molecule has 0 aliphatic carbocycles. The second-order valence-electron chi connectivity index (χ2n) is 4.30. The van der Waals surface area contributed by atoms with E-state index in [0.717, 1.165) is 9.95 Å². The summed E-state index contributed by atoms with van der Waals surface area (Å²) >= 11 is -2.23. The Kier molecular flexibility index (Phi) is 12.1. The quantitative estimate of drug-likeness (QED) is 0.378. The van der Waals surface area contributed by atoms with Gasteiger partial charge in [0.05, 0.1) is 0 Å². The van der Waals surface area contributed by atoms with Crippen LogP contribution in [0.2, 0.25) is 9.95 Å². The molecular weight excluding hydrogens is 233 g/mol. The van der Waals surface area contributed by atoms with Gasteiger partial charge < -0.3 is 0 Å². The molecule has 0 aromatic rings. The number of hydrogen-bond donors (Lipinski definition) is 0. The molecule has 0 bridgehead atoms. The molecule has 0 fully saturated rings. The van der Waals surface area contributed by atoms with Gasteiger partial charge in [-0.05, 0) is 0 Å². The summed E-state index contributed by atoms with van der Waals surface area (Å²) in [6.07, 6.45) is 9.98. The second-order valence-corrected chi connectivity index (χ2v) is 9.22. The molecule has 0 spiro atoms. The number of unbranched alkanes of at least 4 members (excludes halogenated alkanes) is 6. The zero-order valence-corrected chi connectivity index (χ0v) is 12.4. The number of halogens is 1. The van der Waals surface area contributed by atoms with Crippen molar-refractivity contribution >= 4 is 16.7 Å². The molecule has 0 heterocycles. The van der Waals surface area contributed by atoms with Gasteiger partial charge in [0, 0.05) is 0 Å². The third kappa shape index (κ3) is 10.6. The summed E-state index contributed by atoms with van der Waals surface area (Å²) in [6, 6.07) is 0. The van der Waals surface area contributed by atoms with Crippen molar-refractivity contribution in [2.24, 2.45) is 0 Å². The van der Waals surface area contributed by atoms with E-state index in [4.69, 9.17) is 0 Å². The predicted molar refractivity (Wildman–Crippen MR) is 64.8 cm³/mol. The van der Waals surface area contributed by atoms with Crippen molar-refractivity contribution in [3.05, 3.63) is 0 Å². The van der Waals surface area contributed by atoms with Gasteiger partial charge in [0.15, 0.2) is 0 Å². The molecule has 0 nitrogen and oxygen atoms in total. The van der Waals surface area contributed by atoms with Crippen LogP contribution >= 0.6 is 0 Å². The molecule has 0 amide bonds. The average Bonchev–Trinajstić information content (AvgIpc) is 2.19. The van der Waals surface area contributed by atoms with Crippen LogP contribution in [0.1, 0.15) is 65.2 Å². The van der Waals surface area contributed by atoms with Gasteiger partial charge >= 0.3 is 95.2 Å². The summed E-state index contributed by atoms with van der Waals surface area (Å²) in [5.41, 5.74) is 0. The Balaban J connectivity index is 3.07. The van der Waals surface area contributed by atoms with E-state index in [-0.39, 0.29) is 0 Å². The normalized spacial score (nSPS) is 10.5.